The second-order valence-electron chi connectivity index (χ2n) is 24.5. The van der Waals surface area contributed by atoms with Gasteiger partial charge in [-0.3, -0.25) is 14.4 Å². The molecule has 0 saturated carbocycles. The third-order valence-corrected chi connectivity index (χ3v) is 16.2. The highest BCUT2D eigenvalue weighted by Crippen LogP contribution is 2.18. The van der Waals surface area contributed by atoms with Crippen LogP contribution in [-0.2, 0) is 28.6 Å². The molecule has 0 spiro atoms. The van der Waals surface area contributed by atoms with Gasteiger partial charge in [-0.25, -0.2) is 0 Å². The van der Waals surface area contributed by atoms with Gasteiger partial charge in [-0.05, 0) is 89.9 Å². The predicted octanol–water partition coefficient (Wildman–Crippen LogP) is 25.2. The average Bonchev–Trinajstić information content (AvgIpc) is 3.49. The van der Waals surface area contributed by atoms with Crippen LogP contribution >= 0.6 is 0 Å². The standard InChI is InChI=1S/C77H138O6/c1-4-7-10-13-16-19-22-25-28-30-32-34-36-37-38-39-41-42-44-46-49-52-55-58-61-64-67-70-76(79)82-73-74(72-81-75(78)69-66-63-60-57-54-51-48-27-24-21-18-15-12-9-6-3)83-77(80)71-68-65-62-59-56-53-50-47-45-43-40-35-33-31-29-26-23-20-17-14-11-8-5-2/h8,11,17,20,22,25-26,29-30,32-33,35,74H,4-7,9-10,12-16,18-19,21,23-24,27-28,31,34,36-73H2,1-3H3/b11-8-,20-17-,25-22-,29-26-,32-30-,35-33-. The second-order valence-corrected chi connectivity index (χ2v) is 24.5. The van der Waals surface area contributed by atoms with Crippen molar-refractivity contribution in [3.8, 4) is 0 Å². The van der Waals surface area contributed by atoms with Crippen molar-refractivity contribution in [2.45, 2.75) is 386 Å². The molecule has 0 aromatic carbocycles. The average molecular weight is 1160 g/mol. The van der Waals surface area contributed by atoms with Gasteiger partial charge < -0.3 is 14.2 Å². The van der Waals surface area contributed by atoms with Crippen molar-refractivity contribution in [3.05, 3.63) is 72.9 Å². The molecule has 0 aliphatic rings. The SMILES string of the molecule is CC/C=C\C/C=C\C/C=C\C/C=C\CCCCCCCCCCCCC(=O)OC(COC(=O)CCCCCCCCCCCCCCCCC)COC(=O)CCCCCCCCCCCCCCCCC/C=C\C/C=C\CCCCCCC. The Morgan fingerprint density at radius 3 is 0.735 bits per heavy atom. The molecule has 0 bridgehead atoms. The van der Waals surface area contributed by atoms with E-state index in [-0.39, 0.29) is 31.1 Å². The Morgan fingerprint density at radius 1 is 0.253 bits per heavy atom. The monoisotopic (exact) mass is 1160 g/mol. The summed E-state index contributed by atoms with van der Waals surface area (Å²) in [6.07, 6.45) is 93.6. The number of allylic oxidation sites excluding steroid dienone is 12. The minimum absolute atomic E-state index is 0.0721. The van der Waals surface area contributed by atoms with E-state index in [2.05, 4.69) is 93.7 Å². The van der Waals surface area contributed by atoms with Crippen LogP contribution in [0.1, 0.15) is 380 Å². The fraction of sp³-hybridized carbons (Fsp3) is 0.805. The largest absolute Gasteiger partial charge is 0.462 e. The maximum absolute atomic E-state index is 13.0. The van der Waals surface area contributed by atoms with Crippen LogP contribution < -0.4 is 0 Å². The van der Waals surface area contributed by atoms with Crippen LogP contribution in [0.2, 0.25) is 0 Å². The van der Waals surface area contributed by atoms with Gasteiger partial charge in [0, 0.05) is 19.3 Å². The molecule has 6 heteroatoms. The quantitative estimate of drug-likeness (QED) is 0.0261. The van der Waals surface area contributed by atoms with Gasteiger partial charge in [0.05, 0.1) is 0 Å². The van der Waals surface area contributed by atoms with Gasteiger partial charge in [-0.1, -0.05) is 344 Å². The van der Waals surface area contributed by atoms with E-state index in [4.69, 9.17) is 14.2 Å². The molecule has 0 radical (unpaired) electrons. The third kappa shape index (κ3) is 69.5. The van der Waals surface area contributed by atoms with Gasteiger partial charge in [0.25, 0.3) is 0 Å². The number of rotatable bonds is 67. The Labute approximate surface area is 516 Å². The molecule has 6 nitrogen and oxygen atoms in total. The Hall–Kier alpha value is -3.15. The summed E-state index contributed by atoms with van der Waals surface area (Å²) in [6.45, 7) is 6.58. The van der Waals surface area contributed by atoms with Crippen molar-refractivity contribution in [2.75, 3.05) is 13.2 Å². The van der Waals surface area contributed by atoms with Crippen LogP contribution in [0.15, 0.2) is 72.9 Å². The summed E-state index contributed by atoms with van der Waals surface area (Å²) < 4.78 is 17.0. The van der Waals surface area contributed by atoms with E-state index in [1.165, 1.54) is 250 Å². The molecule has 1 atom stereocenters. The Bertz CT molecular complexity index is 1520. The summed E-state index contributed by atoms with van der Waals surface area (Å²) in [7, 11) is 0. The lowest BCUT2D eigenvalue weighted by molar-refractivity contribution is -0.167. The summed E-state index contributed by atoms with van der Waals surface area (Å²) in [5, 5.41) is 0. The Balaban J connectivity index is 4.28. The highest BCUT2D eigenvalue weighted by atomic mass is 16.6. The van der Waals surface area contributed by atoms with Gasteiger partial charge in [0.2, 0.25) is 0 Å². The van der Waals surface area contributed by atoms with Gasteiger partial charge in [-0.15, -0.1) is 0 Å². The van der Waals surface area contributed by atoms with E-state index < -0.39 is 6.10 Å². The Kier molecular flexibility index (Phi) is 68.6. The summed E-state index contributed by atoms with van der Waals surface area (Å²) in [5.41, 5.74) is 0. The van der Waals surface area contributed by atoms with Crippen LogP contribution in [0.4, 0.5) is 0 Å². The number of esters is 3. The molecule has 0 fully saturated rings. The zero-order chi connectivity index (χ0) is 59.9. The lowest BCUT2D eigenvalue weighted by Gasteiger charge is -2.18. The third-order valence-electron chi connectivity index (χ3n) is 16.2. The Morgan fingerprint density at radius 2 is 0.470 bits per heavy atom. The van der Waals surface area contributed by atoms with Crippen LogP contribution in [0, 0.1) is 0 Å². The van der Waals surface area contributed by atoms with Crippen LogP contribution in [0.25, 0.3) is 0 Å². The molecule has 0 aromatic rings. The van der Waals surface area contributed by atoms with Gasteiger partial charge in [-0.2, -0.15) is 0 Å². The lowest BCUT2D eigenvalue weighted by atomic mass is 10.0. The molecule has 0 aliphatic heterocycles. The molecule has 1 unspecified atom stereocenters. The maximum atomic E-state index is 13.0. The molecular formula is C77H138O6. The van der Waals surface area contributed by atoms with Crippen LogP contribution in [-0.4, -0.2) is 37.2 Å². The zero-order valence-electron chi connectivity index (χ0n) is 55.5. The van der Waals surface area contributed by atoms with Crippen LogP contribution in [0.5, 0.6) is 0 Å². The van der Waals surface area contributed by atoms with Crippen molar-refractivity contribution >= 4 is 17.9 Å². The van der Waals surface area contributed by atoms with E-state index in [0.29, 0.717) is 19.3 Å². The van der Waals surface area contributed by atoms with Crippen molar-refractivity contribution < 1.29 is 28.6 Å². The fourth-order valence-corrected chi connectivity index (χ4v) is 10.8. The van der Waals surface area contributed by atoms with E-state index in [1.807, 2.05) is 0 Å². The van der Waals surface area contributed by atoms with E-state index >= 15 is 0 Å². The normalized spacial score (nSPS) is 12.5. The molecule has 0 saturated heterocycles. The number of carbonyl (C=O) groups excluding carboxylic acids is 3. The molecule has 83 heavy (non-hydrogen) atoms. The second kappa shape index (κ2) is 71.3. The number of hydrogen-bond acceptors (Lipinski definition) is 6. The number of hydrogen-bond donors (Lipinski definition) is 0. The minimum Gasteiger partial charge on any atom is -0.462 e. The highest BCUT2D eigenvalue weighted by molar-refractivity contribution is 5.71. The number of unbranched alkanes of at least 4 members (excludes halogenated alkanes) is 44. The first-order chi connectivity index (χ1) is 41.0. The predicted molar refractivity (Wildman–Crippen MR) is 362 cm³/mol. The molecule has 0 heterocycles. The minimum atomic E-state index is -0.777. The number of ether oxygens (including phenoxy) is 3. The van der Waals surface area contributed by atoms with Crippen molar-refractivity contribution in [2.24, 2.45) is 0 Å². The molecule has 0 aromatic heterocycles. The molecule has 0 N–H and O–H groups in total. The smallest absolute Gasteiger partial charge is 0.306 e. The van der Waals surface area contributed by atoms with Gasteiger partial charge in [0.1, 0.15) is 13.2 Å². The molecule has 0 rings (SSSR count). The summed E-state index contributed by atoms with van der Waals surface area (Å²) in [6, 6.07) is 0. The molecule has 0 aliphatic carbocycles. The summed E-state index contributed by atoms with van der Waals surface area (Å²) in [4.78, 5) is 38.5. The van der Waals surface area contributed by atoms with E-state index in [1.54, 1.807) is 0 Å². The fourth-order valence-electron chi connectivity index (χ4n) is 10.8. The summed E-state index contributed by atoms with van der Waals surface area (Å²) in [5.74, 6) is -0.851. The van der Waals surface area contributed by atoms with E-state index in [0.717, 1.165) is 89.9 Å². The first kappa shape index (κ1) is 79.8. The lowest BCUT2D eigenvalue weighted by Crippen LogP contribution is -2.30. The number of carbonyl (C=O) groups is 3. The highest BCUT2D eigenvalue weighted by Gasteiger charge is 2.19. The first-order valence-corrected chi connectivity index (χ1v) is 36.4. The van der Waals surface area contributed by atoms with Gasteiger partial charge >= 0.3 is 17.9 Å². The van der Waals surface area contributed by atoms with E-state index in [9.17, 15) is 14.4 Å². The summed E-state index contributed by atoms with van der Waals surface area (Å²) >= 11 is 0. The van der Waals surface area contributed by atoms with Crippen molar-refractivity contribution in [1.82, 2.24) is 0 Å². The molecule has 0 amide bonds. The molecule has 482 valence electrons. The zero-order valence-corrected chi connectivity index (χ0v) is 55.5. The van der Waals surface area contributed by atoms with Gasteiger partial charge in [0.15, 0.2) is 6.10 Å². The maximum Gasteiger partial charge on any atom is 0.306 e. The van der Waals surface area contributed by atoms with Crippen LogP contribution in [0.3, 0.4) is 0 Å². The van der Waals surface area contributed by atoms with Crippen molar-refractivity contribution in [1.29, 1.82) is 0 Å². The first-order valence-electron chi connectivity index (χ1n) is 36.4. The topological polar surface area (TPSA) is 78.9 Å². The molecular weight excluding hydrogens is 1020 g/mol. The van der Waals surface area contributed by atoms with Crippen molar-refractivity contribution in [3.63, 3.8) is 0 Å².